The Hall–Kier alpha value is -2.35. The number of alkyl halides is 3. The fourth-order valence-electron chi connectivity index (χ4n) is 2.62. The van der Waals surface area contributed by atoms with Crippen molar-refractivity contribution in [3.63, 3.8) is 0 Å². The van der Waals surface area contributed by atoms with Crippen molar-refractivity contribution in [2.45, 2.75) is 18.7 Å². The Bertz CT molecular complexity index is 764. The number of thioether (sulfide) groups is 1. The SMILES string of the molecule is Cc1ccc(C2SCCN2C(=O)Nc2ccc(OC(F)(F)F)cc2)cc1. The number of carbonyl (C=O) groups is 1. The third-order valence-electron chi connectivity index (χ3n) is 3.85. The Labute approximate surface area is 153 Å². The van der Waals surface area contributed by atoms with E-state index in [0.717, 1.165) is 16.9 Å². The third-order valence-corrected chi connectivity index (χ3v) is 5.11. The Morgan fingerprint density at radius 1 is 1.15 bits per heavy atom. The Morgan fingerprint density at radius 2 is 1.81 bits per heavy atom. The average molecular weight is 382 g/mol. The smallest absolute Gasteiger partial charge is 0.406 e. The van der Waals surface area contributed by atoms with Gasteiger partial charge in [0.15, 0.2) is 0 Å². The fourth-order valence-corrected chi connectivity index (χ4v) is 3.88. The van der Waals surface area contributed by atoms with Crippen molar-refractivity contribution in [1.82, 2.24) is 4.90 Å². The first-order valence-electron chi connectivity index (χ1n) is 7.93. The number of rotatable bonds is 3. The van der Waals surface area contributed by atoms with Gasteiger partial charge in [-0.3, -0.25) is 0 Å². The van der Waals surface area contributed by atoms with Crippen molar-refractivity contribution < 1.29 is 22.7 Å². The standard InChI is InChI=1S/C18H17F3N2O2S/c1-12-2-4-13(5-3-12)16-23(10-11-26-16)17(24)22-14-6-8-15(9-7-14)25-18(19,20)21/h2-9,16H,10-11H2,1H3,(H,22,24). The van der Waals surface area contributed by atoms with Crippen LogP contribution in [-0.2, 0) is 0 Å². The van der Waals surface area contributed by atoms with Gasteiger partial charge in [0.25, 0.3) is 0 Å². The molecule has 1 N–H and O–H groups in total. The number of benzene rings is 2. The number of halogens is 3. The van der Waals surface area contributed by atoms with Crippen LogP contribution < -0.4 is 10.1 Å². The lowest BCUT2D eigenvalue weighted by atomic mass is 10.1. The minimum atomic E-state index is -4.74. The second-order valence-corrected chi connectivity index (χ2v) is 7.02. The van der Waals surface area contributed by atoms with E-state index >= 15 is 0 Å². The molecule has 0 radical (unpaired) electrons. The highest BCUT2D eigenvalue weighted by Gasteiger charge is 2.32. The molecule has 0 aliphatic carbocycles. The van der Waals surface area contributed by atoms with Gasteiger partial charge >= 0.3 is 12.4 Å². The molecule has 2 amide bonds. The first-order valence-corrected chi connectivity index (χ1v) is 8.98. The quantitative estimate of drug-likeness (QED) is 0.796. The number of nitrogens with one attached hydrogen (secondary N) is 1. The topological polar surface area (TPSA) is 41.6 Å². The van der Waals surface area contributed by atoms with E-state index in [1.54, 1.807) is 16.7 Å². The van der Waals surface area contributed by atoms with E-state index in [4.69, 9.17) is 0 Å². The van der Waals surface area contributed by atoms with Gasteiger partial charge in [-0.1, -0.05) is 29.8 Å². The van der Waals surface area contributed by atoms with Gasteiger partial charge in [0.05, 0.1) is 0 Å². The van der Waals surface area contributed by atoms with E-state index < -0.39 is 6.36 Å². The lowest BCUT2D eigenvalue weighted by molar-refractivity contribution is -0.274. The molecule has 1 aliphatic rings. The number of hydrogen-bond donors (Lipinski definition) is 1. The molecule has 2 aromatic carbocycles. The molecule has 2 aromatic rings. The van der Waals surface area contributed by atoms with Gasteiger partial charge in [0, 0.05) is 18.0 Å². The number of ether oxygens (including phenoxy) is 1. The van der Waals surface area contributed by atoms with Crippen molar-refractivity contribution in [3.8, 4) is 5.75 Å². The van der Waals surface area contributed by atoms with E-state index in [-0.39, 0.29) is 17.2 Å². The summed E-state index contributed by atoms with van der Waals surface area (Å²) in [5.74, 6) is 0.495. The maximum Gasteiger partial charge on any atom is 0.573 e. The molecule has 0 aromatic heterocycles. The van der Waals surface area contributed by atoms with E-state index in [2.05, 4.69) is 10.1 Å². The molecule has 3 rings (SSSR count). The summed E-state index contributed by atoms with van der Waals surface area (Å²) in [5.41, 5.74) is 2.60. The number of carbonyl (C=O) groups excluding carboxylic acids is 1. The first-order chi connectivity index (χ1) is 12.3. The normalized spacial score (nSPS) is 17.2. The second-order valence-electron chi connectivity index (χ2n) is 5.83. The first kappa shape index (κ1) is 18.4. The van der Waals surface area contributed by atoms with E-state index in [1.165, 1.54) is 24.3 Å². The summed E-state index contributed by atoms with van der Waals surface area (Å²) in [4.78, 5) is 14.3. The molecule has 26 heavy (non-hydrogen) atoms. The summed E-state index contributed by atoms with van der Waals surface area (Å²) in [6.07, 6.45) is -4.74. The summed E-state index contributed by atoms with van der Waals surface area (Å²) < 4.78 is 40.4. The van der Waals surface area contributed by atoms with Gasteiger partial charge in [0.2, 0.25) is 0 Å². The van der Waals surface area contributed by atoms with E-state index in [1.807, 2.05) is 31.2 Å². The zero-order valence-corrected chi connectivity index (χ0v) is 14.7. The van der Waals surface area contributed by atoms with E-state index in [0.29, 0.717) is 12.2 Å². The molecule has 1 saturated heterocycles. The lowest BCUT2D eigenvalue weighted by Gasteiger charge is -2.24. The minimum absolute atomic E-state index is 0.0802. The molecule has 1 unspecified atom stereocenters. The lowest BCUT2D eigenvalue weighted by Crippen LogP contribution is -2.34. The highest BCUT2D eigenvalue weighted by atomic mass is 32.2. The Kier molecular flexibility index (Phi) is 5.31. The van der Waals surface area contributed by atoms with Crippen LogP contribution in [0.2, 0.25) is 0 Å². The van der Waals surface area contributed by atoms with Crippen LogP contribution in [0.5, 0.6) is 5.75 Å². The highest BCUT2D eigenvalue weighted by molar-refractivity contribution is 7.99. The summed E-state index contributed by atoms with van der Waals surface area (Å²) in [6, 6.07) is 12.8. The van der Waals surface area contributed by atoms with Gasteiger partial charge in [0.1, 0.15) is 11.1 Å². The highest BCUT2D eigenvalue weighted by Crippen LogP contribution is 2.38. The average Bonchev–Trinajstić information content (AvgIpc) is 3.06. The number of urea groups is 1. The summed E-state index contributed by atoms with van der Waals surface area (Å²) in [7, 11) is 0. The molecule has 1 atom stereocenters. The maximum absolute atomic E-state index is 12.6. The van der Waals surface area contributed by atoms with Crippen LogP contribution in [0, 0.1) is 6.92 Å². The van der Waals surface area contributed by atoms with Gasteiger partial charge in [-0.25, -0.2) is 4.79 Å². The predicted octanol–water partition coefficient (Wildman–Crippen LogP) is 5.17. The molecule has 8 heteroatoms. The third kappa shape index (κ3) is 4.63. The molecular formula is C18H17F3N2O2S. The predicted molar refractivity (Wildman–Crippen MR) is 95.2 cm³/mol. The molecule has 1 aliphatic heterocycles. The number of hydrogen-bond acceptors (Lipinski definition) is 3. The molecule has 138 valence electrons. The minimum Gasteiger partial charge on any atom is -0.406 e. The molecule has 0 bridgehead atoms. The molecule has 4 nitrogen and oxygen atoms in total. The van der Waals surface area contributed by atoms with Crippen molar-refractivity contribution >= 4 is 23.5 Å². The molecule has 0 saturated carbocycles. The van der Waals surface area contributed by atoms with Crippen LogP contribution in [0.1, 0.15) is 16.5 Å². The van der Waals surface area contributed by atoms with Gasteiger partial charge < -0.3 is 15.0 Å². The largest absolute Gasteiger partial charge is 0.573 e. The Morgan fingerprint density at radius 3 is 2.42 bits per heavy atom. The van der Waals surface area contributed by atoms with Gasteiger partial charge in [-0.2, -0.15) is 0 Å². The zero-order valence-electron chi connectivity index (χ0n) is 13.9. The molecular weight excluding hydrogens is 365 g/mol. The second kappa shape index (κ2) is 7.49. The summed E-state index contributed by atoms with van der Waals surface area (Å²) in [5, 5.41) is 2.64. The number of aryl methyl sites for hydroxylation is 1. The van der Waals surface area contributed by atoms with Crippen LogP contribution in [0.3, 0.4) is 0 Å². The van der Waals surface area contributed by atoms with Crippen molar-refractivity contribution in [3.05, 3.63) is 59.7 Å². The van der Waals surface area contributed by atoms with E-state index in [9.17, 15) is 18.0 Å². The summed E-state index contributed by atoms with van der Waals surface area (Å²) >= 11 is 1.68. The fraction of sp³-hybridized carbons (Fsp3) is 0.278. The van der Waals surface area contributed by atoms with Crippen molar-refractivity contribution in [1.29, 1.82) is 0 Å². The zero-order chi connectivity index (χ0) is 18.7. The van der Waals surface area contributed by atoms with Crippen LogP contribution in [0.4, 0.5) is 23.7 Å². The van der Waals surface area contributed by atoms with Crippen molar-refractivity contribution in [2.75, 3.05) is 17.6 Å². The van der Waals surface area contributed by atoms with Crippen LogP contribution in [0.25, 0.3) is 0 Å². The molecule has 1 fully saturated rings. The summed E-state index contributed by atoms with van der Waals surface area (Å²) in [6.45, 7) is 2.60. The maximum atomic E-state index is 12.6. The number of amides is 2. The van der Waals surface area contributed by atoms with Crippen LogP contribution >= 0.6 is 11.8 Å². The van der Waals surface area contributed by atoms with Gasteiger partial charge in [-0.15, -0.1) is 24.9 Å². The number of anilines is 1. The van der Waals surface area contributed by atoms with Gasteiger partial charge in [-0.05, 0) is 36.8 Å². The molecule has 0 spiro atoms. The number of nitrogens with zero attached hydrogens (tertiary/aromatic N) is 1. The Balaban J connectivity index is 1.66. The molecule has 1 heterocycles. The van der Waals surface area contributed by atoms with Crippen LogP contribution in [0.15, 0.2) is 48.5 Å². The van der Waals surface area contributed by atoms with Crippen LogP contribution in [-0.4, -0.2) is 29.6 Å². The monoisotopic (exact) mass is 382 g/mol. The van der Waals surface area contributed by atoms with Crippen molar-refractivity contribution in [2.24, 2.45) is 0 Å².